The number of amides is 2. The van der Waals surface area contributed by atoms with Crippen LogP contribution in [0.5, 0.6) is 0 Å². The smallest absolute Gasteiger partial charge is 0.244 e. The van der Waals surface area contributed by atoms with E-state index in [1.807, 2.05) is 26.0 Å². The van der Waals surface area contributed by atoms with Crippen molar-refractivity contribution < 1.29 is 18.0 Å². The molecule has 1 saturated carbocycles. The first-order chi connectivity index (χ1) is 16.5. The van der Waals surface area contributed by atoms with E-state index in [1.54, 1.807) is 37.3 Å². The van der Waals surface area contributed by atoms with Gasteiger partial charge in [-0.3, -0.25) is 13.9 Å². The fourth-order valence-electron chi connectivity index (χ4n) is 4.28. The van der Waals surface area contributed by atoms with Crippen molar-refractivity contribution in [2.45, 2.75) is 65.1 Å². The summed E-state index contributed by atoms with van der Waals surface area (Å²) in [7, 11) is -3.76. The Kier molecular flexibility index (Phi) is 8.83. The van der Waals surface area contributed by atoms with Crippen molar-refractivity contribution in [2.24, 2.45) is 0 Å². The average molecular weight is 520 g/mol. The molecule has 0 aromatic heterocycles. The number of benzene rings is 2. The Labute approximate surface area is 213 Å². The Balaban J connectivity index is 1.90. The number of anilines is 1. The summed E-state index contributed by atoms with van der Waals surface area (Å²) >= 11 is 6.36. The highest BCUT2D eigenvalue weighted by Gasteiger charge is 2.31. The fraction of sp³-hybridized carbons (Fsp3) is 0.462. The van der Waals surface area contributed by atoms with Crippen LogP contribution in [0.2, 0.25) is 5.02 Å². The molecule has 7 nitrogen and oxygen atoms in total. The number of aryl methyl sites for hydroxylation is 2. The predicted molar refractivity (Wildman–Crippen MR) is 140 cm³/mol. The third-order valence-electron chi connectivity index (χ3n) is 6.63. The van der Waals surface area contributed by atoms with Crippen LogP contribution in [-0.4, -0.2) is 50.0 Å². The number of hydrogen-bond donors (Lipinski definition) is 1. The number of carbonyl (C=O) groups is 2. The molecule has 35 heavy (non-hydrogen) atoms. The molecule has 1 fully saturated rings. The lowest BCUT2D eigenvalue weighted by Crippen LogP contribution is -2.52. The van der Waals surface area contributed by atoms with Gasteiger partial charge in [0.2, 0.25) is 21.8 Å². The van der Waals surface area contributed by atoms with E-state index in [0.717, 1.165) is 47.4 Å². The first kappa shape index (κ1) is 27.0. The van der Waals surface area contributed by atoms with Gasteiger partial charge in [0.1, 0.15) is 12.6 Å². The molecule has 0 aliphatic heterocycles. The summed E-state index contributed by atoms with van der Waals surface area (Å²) in [5, 5.41) is 3.52. The van der Waals surface area contributed by atoms with Crippen LogP contribution in [0.25, 0.3) is 0 Å². The summed E-state index contributed by atoms with van der Waals surface area (Å²) < 4.78 is 26.5. The Hall–Kier alpha value is -2.58. The van der Waals surface area contributed by atoms with Crippen LogP contribution >= 0.6 is 11.6 Å². The van der Waals surface area contributed by atoms with Gasteiger partial charge in [0.25, 0.3) is 0 Å². The number of hydrogen-bond acceptors (Lipinski definition) is 4. The van der Waals surface area contributed by atoms with E-state index in [-0.39, 0.29) is 18.5 Å². The van der Waals surface area contributed by atoms with E-state index in [2.05, 4.69) is 5.32 Å². The van der Waals surface area contributed by atoms with Gasteiger partial charge in [0.15, 0.2) is 0 Å². The van der Waals surface area contributed by atoms with Gasteiger partial charge in [-0.25, -0.2) is 8.42 Å². The molecule has 3 rings (SSSR count). The van der Waals surface area contributed by atoms with Crippen molar-refractivity contribution >= 4 is 39.1 Å². The van der Waals surface area contributed by atoms with E-state index < -0.39 is 28.5 Å². The highest BCUT2D eigenvalue weighted by Crippen LogP contribution is 2.24. The van der Waals surface area contributed by atoms with Gasteiger partial charge in [0, 0.05) is 17.6 Å². The van der Waals surface area contributed by atoms with Crippen molar-refractivity contribution in [3.05, 3.63) is 64.2 Å². The zero-order valence-electron chi connectivity index (χ0n) is 20.8. The zero-order valence-corrected chi connectivity index (χ0v) is 22.3. The van der Waals surface area contributed by atoms with Crippen LogP contribution in [0, 0.1) is 13.8 Å². The van der Waals surface area contributed by atoms with Gasteiger partial charge < -0.3 is 10.2 Å². The van der Waals surface area contributed by atoms with Crippen molar-refractivity contribution in [1.82, 2.24) is 10.2 Å². The minimum absolute atomic E-state index is 0.0856. The molecule has 0 radical (unpaired) electrons. The average Bonchev–Trinajstić information content (AvgIpc) is 3.30. The summed E-state index contributed by atoms with van der Waals surface area (Å²) in [4.78, 5) is 28.1. The van der Waals surface area contributed by atoms with E-state index in [1.165, 1.54) is 4.90 Å². The number of carbonyl (C=O) groups excluding carboxylic acids is 2. The molecule has 1 N–H and O–H groups in total. The maximum absolute atomic E-state index is 13.6. The van der Waals surface area contributed by atoms with E-state index in [4.69, 9.17) is 11.6 Å². The second-order valence-corrected chi connectivity index (χ2v) is 11.6. The molecule has 1 aliphatic carbocycles. The molecule has 2 aromatic rings. The number of rotatable bonds is 9. The lowest BCUT2D eigenvalue weighted by Gasteiger charge is -2.32. The summed E-state index contributed by atoms with van der Waals surface area (Å²) in [6, 6.07) is 11.7. The van der Waals surface area contributed by atoms with Crippen LogP contribution in [0.4, 0.5) is 5.69 Å². The maximum Gasteiger partial charge on any atom is 0.244 e. The lowest BCUT2D eigenvalue weighted by molar-refractivity contribution is -0.139. The second-order valence-electron chi connectivity index (χ2n) is 9.32. The summed E-state index contributed by atoms with van der Waals surface area (Å²) in [5.41, 5.74) is 3.02. The molecular formula is C26H34ClN3O4S. The summed E-state index contributed by atoms with van der Waals surface area (Å²) in [6.45, 7) is 5.15. The molecule has 0 spiro atoms. The maximum atomic E-state index is 13.6. The van der Waals surface area contributed by atoms with Crippen LogP contribution in [0.15, 0.2) is 42.5 Å². The topological polar surface area (TPSA) is 86.8 Å². The van der Waals surface area contributed by atoms with E-state index in [9.17, 15) is 18.0 Å². The van der Waals surface area contributed by atoms with Gasteiger partial charge in [-0.2, -0.15) is 0 Å². The number of sulfonamides is 1. The van der Waals surface area contributed by atoms with Crippen LogP contribution in [0.1, 0.15) is 49.3 Å². The van der Waals surface area contributed by atoms with Gasteiger partial charge in [0.05, 0.1) is 11.9 Å². The Bertz CT molecular complexity index is 1180. The van der Waals surface area contributed by atoms with E-state index >= 15 is 0 Å². The van der Waals surface area contributed by atoms with Crippen molar-refractivity contribution in [2.75, 3.05) is 17.1 Å². The lowest BCUT2D eigenvalue weighted by atomic mass is 10.1. The van der Waals surface area contributed by atoms with Crippen LogP contribution < -0.4 is 9.62 Å². The molecule has 1 unspecified atom stereocenters. The third-order valence-corrected chi connectivity index (χ3v) is 8.13. The Morgan fingerprint density at radius 1 is 1.09 bits per heavy atom. The minimum Gasteiger partial charge on any atom is -0.352 e. The Morgan fingerprint density at radius 2 is 1.74 bits per heavy atom. The highest BCUT2D eigenvalue weighted by molar-refractivity contribution is 7.92. The van der Waals surface area contributed by atoms with Gasteiger partial charge in [-0.1, -0.05) is 48.7 Å². The van der Waals surface area contributed by atoms with Crippen LogP contribution in [-0.2, 0) is 26.2 Å². The van der Waals surface area contributed by atoms with Crippen LogP contribution in [0.3, 0.4) is 0 Å². The quantitative estimate of drug-likeness (QED) is 0.538. The molecule has 9 heteroatoms. The molecule has 0 heterocycles. The zero-order chi connectivity index (χ0) is 25.8. The number of nitrogens with zero attached hydrogens (tertiary/aromatic N) is 2. The normalized spacial score (nSPS) is 15.0. The molecule has 190 valence electrons. The molecule has 0 bridgehead atoms. The van der Waals surface area contributed by atoms with Gasteiger partial charge in [-0.05, 0) is 68.5 Å². The molecular weight excluding hydrogens is 486 g/mol. The number of nitrogens with one attached hydrogen (secondary N) is 1. The summed E-state index contributed by atoms with van der Waals surface area (Å²) in [5.74, 6) is -0.739. The largest absolute Gasteiger partial charge is 0.352 e. The van der Waals surface area contributed by atoms with Gasteiger partial charge >= 0.3 is 0 Å². The standard InChI is InChI=1S/C26H34ClN3O4S/c1-18-13-14-23(15-19(18)2)30(35(4,33)34)17-25(31)29(16-21-9-5-8-12-24(21)27)20(3)26(32)28-22-10-6-7-11-22/h5,8-9,12-15,20,22H,6-7,10-11,16-17H2,1-4H3,(H,28,32). The van der Waals surface area contributed by atoms with E-state index in [0.29, 0.717) is 16.3 Å². The SMILES string of the molecule is Cc1ccc(N(CC(=O)N(Cc2ccccc2Cl)C(C)C(=O)NC2CCCC2)S(C)(=O)=O)cc1C. The predicted octanol–water partition coefficient (Wildman–Crippen LogP) is 4.20. The third kappa shape index (κ3) is 6.98. The molecule has 2 aromatic carbocycles. The summed E-state index contributed by atoms with van der Waals surface area (Å²) in [6.07, 6.45) is 5.06. The molecule has 1 aliphatic rings. The second kappa shape index (κ2) is 11.4. The first-order valence-electron chi connectivity index (χ1n) is 11.9. The monoisotopic (exact) mass is 519 g/mol. The highest BCUT2D eigenvalue weighted by atomic mass is 35.5. The fourth-order valence-corrected chi connectivity index (χ4v) is 5.32. The van der Waals surface area contributed by atoms with Crippen molar-refractivity contribution in [1.29, 1.82) is 0 Å². The van der Waals surface area contributed by atoms with Crippen molar-refractivity contribution in [3.63, 3.8) is 0 Å². The Morgan fingerprint density at radius 3 is 2.34 bits per heavy atom. The molecule has 2 amide bonds. The number of halogens is 1. The van der Waals surface area contributed by atoms with Crippen molar-refractivity contribution in [3.8, 4) is 0 Å². The molecule has 1 atom stereocenters. The van der Waals surface area contributed by atoms with Gasteiger partial charge in [-0.15, -0.1) is 0 Å². The first-order valence-corrected chi connectivity index (χ1v) is 14.1. The minimum atomic E-state index is -3.76. The molecule has 0 saturated heterocycles.